The number of aromatic nitrogens is 2. The second kappa shape index (κ2) is 6.05. The van der Waals surface area contributed by atoms with Crippen molar-refractivity contribution in [3.63, 3.8) is 0 Å². The van der Waals surface area contributed by atoms with E-state index in [0.29, 0.717) is 12.5 Å². The van der Waals surface area contributed by atoms with Crippen LogP contribution in [-0.4, -0.2) is 22.5 Å². The lowest BCUT2D eigenvalue weighted by molar-refractivity contribution is -0.137. The molecule has 0 radical (unpaired) electrons. The molecular weight excluding hydrogens is 231 g/mol. The van der Waals surface area contributed by atoms with Gasteiger partial charge in [-0.1, -0.05) is 13.8 Å². The lowest BCUT2D eigenvalue weighted by atomic mass is 10.2. The third-order valence-electron chi connectivity index (χ3n) is 2.19. The van der Waals surface area contributed by atoms with Crippen molar-refractivity contribution in [1.29, 1.82) is 0 Å². The lowest BCUT2D eigenvalue weighted by Gasteiger charge is -2.06. The first-order valence-corrected chi connectivity index (χ1v) is 5.65. The molecule has 0 fully saturated rings. The van der Waals surface area contributed by atoms with Gasteiger partial charge in [0.15, 0.2) is 0 Å². The van der Waals surface area contributed by atoms with Crippen molar-refractivity contribution in [2.24, 2.45) is 5.92 Å². The van der Waals surface area contributed by atoms with Gasteiger partial charge in [0.1, 0.15) is 0 Å². The molecule has 0 aliphatic rings. The van der Waals surface area contributed by atoms with Crippen LogP contribution >= 0.6 is 0 Å². The summed E-state index contributed by atoms with van der Waals surface area (Å²) in [7, 11) is 0. The monoisotopic (exact) mass is 249 g/mol. The Balaban J connectivity index is 2.32. The quantitative estimate of drug-likeness (QED) is 0.839. The molecule has 0 spiro atoms. The van der Waals surface area contributed by atoms with E-state index in [1.807, 2.05) is 0 Å². The predicted octanol–water partition coefficient (Wildman–Crippen LogP) is 2.58. The van der Waals surface area contributed by atoms with E-state index >= 15 is 0 Å². The molecule has 0 saturated carbocycles. The molecule has 0 amide bonds. The van der Waals surface area contributed by atoms with Crippen LogP contribution in [0, 0.1) is 5.92 Å². The van der Waals surface area contributed by atoms with Gasteiger partial charge in [0.25, 0.3) is 0 Å². The summed E-state index contributed by atoms with van der Waals surface area (Å²) in [5, 5.41) is 7.10. The van der Waals surface area contributed by atoms with Gasteiger partial charge in [0.05, 0.1) is 12.6 Å². The molecule has 0 saturated heterocycles. The summed E-state index contributed by atoms with van der Waals surface area (Å²) in [6, 6.07) is 0. The SMILES string of the molecule is CC(C)CNCc1cnn(CCC(F)(F)F)c1. The Labute approximate surface area is 99.0 Å². The zero-order valence-electron chi connectivity index (χ0n) is 10.1. The number of alkyl halides is 3. The average molecular weight is 249 g/mol. The fraction of sp³-hybridized carbons (Fsp3) is 0.727. The predicted molar refractivity (Wildman–Crippen MR) is 59.4 cm³/mol. The molecule has 1 aromatic rings. The molecule has 0 aliphatic carbocycles. The third-order valence-corrected chi connectivity index (χ3v) is 2.19. The van der Waals surface area contributed by atoms with E-state index in [1.165, 1.54) is 4.68 Å². The number of aryl methyl sites for hydroxylation is 1. The average Bonchev–Trinajstić information content (AvgIpc) is 2.61. The van der Waals surface area contributed by atoms with Gasteiger partial charge in [0.2, 0.25) is 0 Å². The highest BCUT2D eigenvalue weighted by molar-refractivity contribution is 5.03. The van der Waals surface area contributed by atoms with Crippen LogP contribution in [-0.2, 0) is 13.1 Å². The molecule has 17 heavy (non-hydrogen) atoms. The zero-order valence-corrected chi connectivity index (χ0v) is 10.1. The number of halogens is 3. The van der Waals surface area contributed by atoms with Crippen LogP contribution in [0.2, 0.25) is 0 Å². The summed E-state index contributed by atoms with van der Waals surface area (Å²) in [6.45, 7) is 5.60. The fourth-order valence-electron chi connectivity index (χ4n) is 1.37. The van der Waals surface area contributed by atoms with E-state index in [2.05, 4.69) is 24.3 Å². The molecule has 1 N–H and O–H groups in total. The van der Waals surface area contributed by atoms with Crippen molar-refractivity contribution >= 4 is 0 Å². The second-order valence-electron chi connectivity index (χ2n) is 4.50. The minimum atomic E-state index is -4.12. The number of nitrogens with zero attached hydrogens (tertiary/aromatic N) is 2. The van der Waals surface area contributed by atoms with Gasteiger partial charge in [-0.25, -0.2) is 0 Å². The molecule has 0 atom stereocenters. The first-order valence-electron chi connectivity index (χ1n) is 5.65. The summed E-state index contributed by atoms with van der Waals surface area (Å²) in [4.78, 5) is 0. The van der Waals surface area contributed by atoms with Crippen LogP contribution in [0.1, 0.15) is 25.8 Å². The van der Waals surface area contributed by atoms with Crippen LogP contribution in [0.3, 0.4) is 0 Å². The molecule has 0 aromatic carbocycles. The molecule has 98 valence electrons. The van der Waals surface area contributed by atoms with Crippen molar-refractivity contribution in [1.82, 2.24) is 15.1 Å². The first-order chi connectivity index (χ1) is 7.87. The molecular formula is C11H18F3N3. The highest BCUT2D eigenvalue weighted by atomic mass is 19.4. The highest BCUT2D eigenvalue weighted by Gasteiger charge is 2.26. The Morgan fingerprint density at radius 3 is 2.71 bits per heavy atom. The lowest BCUT2D eigenvalue weighted by Crippen LogP contribution is -2.18. The van der Waals surface area contributed by atoms with Crippen LogP contribution < -0.4 is 5.32 Å². The van der Waals surface area contributed by atoms with Gasteiger partial charge < -0.3 is 5.32 Å². The van der Waals surface area contributed by atoms with Gasteiger partial charge in [-0.2, -0.15) is 18.3 Å². The van der Waals surface area contributed by atoms with Crippen molar-refractivity contribution < 1.29 is 13.2 Å². The van der Waals surface area contributed by atoms with Crippen LogP contribution in [0.5, 0.6) is 0 Å². The molecule has 0 bridgehead atoms. The first kappa shape index (κ1) is 14.0. The highest BCUT2D eigenvalue weighted by Crippen LogP contribution is 2.20. The van der Waals surface area contributed by atoms with Crippen LogP contribution in [0.15, 0.2) is 12.4 Å². The van der Waals surface area contributed by atoms with Crippen molar-refractivity contribution in [2.75, 3.05) is 6.54 Å². The summed E-state index contributed by atoms with van der Waals surface area (Å²) >= 11 is 0. The number of hydrogen-bond donors (Lipinski definition) is 1. The smallest absolute Gasteiger partial charge is 0.312 e. The number of nitrogens with one attached hydrogen (secondary N) is 1. The number of rotatable bonds is 6. The second-order valence-corrected chi connectivity index (χ2v) is 4.50. The van der Waals surface area contributed by atoms with E-state index in [1.54, 1.807) is 12.4 Å². The van der Waals surface area contributed by atoms with Gasteiger partial charge in [0, 0.05) is 24.8 Å². The van der Waals surface area contributed by atoms with E-state index in [0.717, 1.165) is 12.1 Å². The number of hydrogen-bond acceptors (Lipinski definition) is 2. The van der Waals surface area contributed by atoms with Crippen molar-refractivity contribution in [3.8, 4) is 0 Å². The largest absolute Gasteiger partial charge is 0.390 e. The molecule has 0 aliphatic heterocycles. The molecule has 1 heterocycles. The van der Waals surface area contributed by atoms with Gasteiger partial charge in [-0.3, -0.25) is 4.68 Å². The maximum absolute atomic E-state index is 12.0. The Morgan fingerprint density at radius 2 is 2.12 bits per heavy atom. The third kappa shape index (κ3) is 6.31. The molecule has 0 unspecified atom stereocenters. The van der Waals surface area contributed by atoms with Crippen molar-refractivity contribution in [3.05, 3.63) is 18.0 Å². The normalized spacial score (nSPS) is 12.4. The Hall–Kier alpha value is -1.04. The molecule has 1 aromatic heterocycles. The Morgan fingerprint density at radius 1 is 1.41 bits per heavy atom. The maximum Gasteiger partial charge on any atom is 0.390 e. The summed E-state index contributed by atoms with van der Waals surface area (Å²) in [5.41, 5.74) is 0.910. The van der Waals surface area contributed by atoms with Crippen LogP contribution in [0.25, 0.3) is 0 Å². The molecule has 6 heteroatoms. The molecule has 3 nitrogen and oxygen atoms in total. The van der Waals surface area contributed by atoms with Gasteiger partial charge in [-0.15, -0.1) is 0 Å². The summed E-state index contributed by atoms with van der Waals surface area (Å²) in [5.74, 6) is 0.551. The van der Waals surface area contributed by atoms with E-state index in [-0.39, 0.29) is 6.54 Å². The fourth-order valence-corrected chi connectivity index (χ4v) is 1.37. The van der Waals surface area contributed by atoms with E-state index < -0.39 is 12.6 Å². The minimum absolute atomic E-state index is 0.117. The maximum atomic E-state index is 12.0. The molecule has 1 rings (SSSR count). The zero-order chi connectivity index (χ0) is 12.9. The van der Waals surface area contributed by atoms with Crippen LogP contribution in [0.4, 0.5) is 13.2 Å². The Kier molecular flexibility index (Phi) is 4.99. The topological polar surface area (TPSA) is 29.9 Å². The van der Waals surface area contributed by atoms with Gasteiger partial charge in [-0.05, 0) is 12.5 Å². The van der Waals surface area contributed by atoms with E-state index in [9.17, 15) is 13.2 Å². The standard InChI is InChI=1S/C11H18F3N3/c1-9(2)5-15-6-10-7-16-17(8-10)4-3-11(12,13)14/h7-9,15H,3-6H2,1-2H3. The van der Waals surface area contributed by atoms with Crippen molar-refractivity contribution in [2.45, 2.75) is 39.5 Å². The summed E-state index contributed by atoms with van der Waals surface area (Å²) in [6.07, 6.45) is -1.71. The van der Waals surface area contributed by atoms with Gasteiger partial charge >= 0.3 is 6.18 Å². The van der Waals surface area contributed by atoms with E-state index in [4.69, 9.17) is 0 Å². The Bertz CT molecular complexity index is 331. The summed E-state index contributed by atoms with van der Waals surface area (Å²) < 4.78 is 37.3. The minimum Gasteiger partial charge on any atom is -0.312 e.